The predicted octanol–water partition coefficient (Wildman–Crippen LogP) is 3.97. The first-order valence-electron chi connectivity index (χ1n) is 8.09. The van der Waals surface area contributed by atoms with Crippen molar-refractivity contribution >= 4 is 23.4 Å². The summed E-state index contributed by atoms with van der Waals surface area (Å²) in [6, 6.07) is 0.481. The van der Waals surface area contributed by atoms with E-state index in [-0.39, 0.29) is 5.60 Å². The standard InChI is InChI=1S/C16H25ClN2OS/c1-3-14-13(10-17)15(4-2)19(18-14)12-5-7-20-16(9-12)6-8-21-11-16/h12H,3-11H2,1-2H3. The minimum atomic E-state index is 0.109. The van der Waals surface area contributed by atoms with Crippen molar-refractivity contribution < 1.29 is 4.74 Å². The van der Waals surface area contributed by atoms with Crippen LogP contribution in [-0.4, -0.2) is 33.5 Å². The number of hydrogen-bond donors (Lipinski definition) is 0. The number of nitrogens with zero attached hydrogens (tertiary/aromatic N) is 2. The van der Waals surface area contributed by atoms with Gasteiger partial charge in [-0.05, 0) is 37.9 Å². The summed E-state index contributed by atoms with van der Waals surface area (Å²) >= 11 is 8.21. The summed E-state index contributed by atoms with van der Waals surface area (Å²) in [5.74, 6) is 2.96. The third-order valence-electron chi connectivity index (χ3n) is 4.89. The van der Waals surface area contributed by atoms with Crippen LogP contribution in [-0.2, 0) is 23.5 Å². The summed E-state index contributed by atoms with van der Waals surface area (Å²) in [7, 11) is 0. The molecule has 0 N–H and O–H groups in total. The lowest BCUT2D eigenvalue weighted by molar-refractivity contribution is -0.0782. The van der Waals surface area contributed by atoms with Crippen LogP contribution in [0.15, 0.2) is 0 Å². The zero-order valence-corrected chi connectivity index (χ0v) is 14.6. The maximum atomic E-state index is 6.19. The van der Waals surface area contributed by atoms with E-state index in [1.165, 1.54) is 29.1 Å². The normalized spacial score (nSPS) is 29.4. The Balaban J connectivity index is 1.90. The number of rotatable bonds is 4. The molecule has 5 heteroatoms. The molecule has 0 bridgehead atoms. The maximum absolute atomic E-state index is 6.19. The van der Waals surface area contributed by atoms with E-state index in [4.69, 9.17) is 21.4 Å². The Hall–Kier alpha value is -0.190. The van der Waals surface area contributed by atoms with Gasteiger partial charge in [-0.25, -0.2) is 0 Å². The minimum absolute atomic E-state index is 0.109. The number of alkyl halides is 1. The molecule has 0 saturated carbocycles. The molecule has 0 aromatic carbocycles. The second-order valence-electron chi connectivity index (χ2n) is 6.14. The van der Waals surface area contributed by atoms with Crippen LogP contribution in [0.4, 0.5) is 0 Å². The molecule has 2 unspecified atom stereocenters. The number of ether oxygens (including phenoxy) is 1. The molecule has 1 aromatic rings. The van der Waals surface area contributed by atoms with Gasteiger partial charge in [0.1, 0.15) is 0 Å². The molecule has 3 heterocycles. The molecule has 2 aliphatic rings. The van der Waals surface area contributed by atoms with E-state index in [2.05, 4.69) is 18.5 Å². The van der Waals surface area contributed by atoms with Crippen LogP contribution in [0.5, 0.6) is 0 Å². The van der Waals surface area contributed by atoms with Gasteiger partial charge >= 0.3 is 0 Å². The van der Waals surface area contributed by atoms with Gasteiger partial charge in [-0.3, -0.25) is 4.68 Å². The zero-order chi connectivity index (χ0) is 14.9. The smallest absolute Gasteiger partial charge is 0.0800 e. The zero-order valence-electron chi connectivity index (χ0n) is 13.0. The number of aryl methyl sites for hydroxylation is 1. The molecule has 118 valence electrons. The summed E-state index contributed by atoms with van der Waals surface area (Å²) in [4.78, 5) is 0. The second-order valence-corrected chi connectivity index (χ2v) is 7.51. The highest BCUT2D eigenvalue weighted by atomic mass is 35.5. The molecular formula is C16H25ClN2OS. The third-order valence-corrected chi connectivity index (χ3v) is 6.38. The average Bonchev–Trinajstić information content (AvgIpc) is 3.10. The Bertz CT molecular complexity index is 497. The van der Waals surface area contributed by atoms with Crippen LogP contribution in [0.25, 0.3) is 0 Å². The van der Waals surface area contributed by atoms with Crippen LogP contribution in [0, 0.1) is 0 Å². The van der Waals surface area contributed by atoms with Crippen molar-refractivity contribution in [2.75, 3.05) is 18.1 Å². The monoisotopic (exact) mass is 328 g/mol. The lowest BCUT2D eigenvalue weighted by atomic mass is 9.89. The van der Waals surface area contributed by atoms with Crippen molar-refractivity contribution in [1.82, 2.24) is 9.78 Å². The summed E-state index contributed by atoms with van der Waals surface area (Å²) in [5.41, 5.74) is 3.90. The molecular weight excluding hydrogens is 304 g/mol. The van der Waals surface area contributed by atoms with Crippen LogP contribution in [0.1, 0.15) is 56.1 Å². The topological polar surface area (TPSA) is 27.1 Å². The molecule has 3 rings (SSSR count). The SMILES string of the molecule is CCc1nn(C2CCOC3(CCSC3)C2)c(CC)c1CCl. The van der Waals surface area contributed by atoms with Gasteiger partial charge in [0.2, 0.25) is 0 Å². The summed E-state index contributed by atoms with van der Waals surface area (Å²) in [6.07, 6.45) is 5.35. The number of halogens is 1. The first kappa shape index (κ1) is 15.7. The Morgan fingerprint density at radius 1 is 1.43 bits per heavy atom. The minimum Gasteiger partial charge on any atom is -0.374 e. The molecule has 1 spiro atoms. The lowest BCUT2D eigenvalue weighted by Crippen LogP contribution is -2.41. The van der Waals surface area contributed by atoms with Crippen molar-refractivity contribution in [2.24, 2.45) is 0 Å². The van der Waals surface area contributed by atoms with Crippen LogP contribution >= 0.6 is 23.4 Å². The van der Waals surface area contributed by atoms with Crippen LogP contribution < -0.4 is 0 Å². The average molecular weight is 329 g/mol. The Morgan fingerprint density at radius 2 is 2.29 bits per heavy atom. The van der Waals surface area contributed by atoms with Crippen molar-refractivity contribution in [1.29, 1.82) is 0 Å². The highest BCUT2D eigenvalue weighted by Gasteiger charge is 2.41. The molecule has 1 aromatic heterocycles. The first-order chi connectivity index (χ1) is 10.2. The molecule has 0 aliphatic carbocycles. The Labute approximate surface area is 136 Å². The van der Waals surface area contributed by atoms with E-state index in [0.717, 1.165) is 38.0 Å². The van der Waals surface area contributed by atoms with Crippen LogP contribution in [0.2, 0.25) is 0 Å². The summed E-state index contributed by atoms with van der Waals surface area (Å²) < 4.78 is 8.45. The number of aromatic nitrogens is 2. The summed E-state index contributed by atoms with van der Waals surface area (Å²) in [6.45, 7) is 5.25. The summed E-state index contributed by atoms with van der Waals surface area (Å²) in [5, 5.41) is 4.92. The fourth-order valence-corrected chi connectivity index (χ4v) is 5.43. The fraction of sp³-hybridized carbons (Fsp3) is 0.812. The maximum Gasteiger partial charge on any atom is 0.0800 e. The van der Waals surface area contributed by atoms with Crippen molar-refractivity contribution in [3.63, 3.8) is 0 Å². The third kappa shape index (κ3) is 2.87. The second kappa shape index (κ2) is 6.51. The van der Waals surface area contributed by atoms with Gasteiger partial charge in [0.15, 0.2) is 0 Å². The van der Waals surface area contributed by atoms with Gasteiger partial charge in [-0.15, -0.1) is 11.6 Å². The van der Waals surface area contributed by atoms with E-state index in [1.54, 1.807) is 0 Å². The highest BCUT2D eigenvalue weighted by Crippen LogP contribution is 2.42. The molecule has 3 nitrogen and oxygen atoms in total. The molecule has 0 amide bonds. The molecule has 0 radical (unpaired) electrons. The predicted molar refractivity (Wildman–Crippen MR) is 89.4 cm³/mol. The van der Waals surface area contributed by atoms with E-state index in [9.17, 15) is 0 Å². The molecule has 21 heavy (non-hydrogen) atoms. The van der Waals surface area contributed by atoms with E-state index in [1.807, 2.05) is 11.8 Å². The van der Waals surface area contributed by atoms with Gasteiger partial charge < -0.3 is 4.74 Å². The van der Waals surface area contributed by atoms with Gasteiger partial charge in [0.25, 0.3) is 0 Å². The van der Waals surface area contributed by atoms with Gasteiger partial charge in [-0.2, -0.15) is 16.9 Å². The Kier molecular flexibility index (Phi) is 4.87. The number of thioether (sulfide) groups is 1. The van der Waals surface area contributed by atoms with Gasteiger partial charge in [-0.1, -0.05) is 13.8 Å². The van der Waals surface area contributed by atoms with E-state index in [0.29, 0.717) is 11.9 Å². The quantitative estimate of drug-likeness (QED) is 0.782. The van der Waals surface area contributed by atoms with E-state index < -0.39 is 0 Å². The van der Waals surface area contributed by atoms with Gasteiger partial charge in [0.05, 0.1) is 23.2 Å². The van der Waals surface area contributed by atoms with Crippen molar-refractivity contribution in [3.8, 4) is 0 Å². The van der Waals surface area contributed by atoms with Crippen molar-refractivity contribution in [3.05, 3.63) is 17.0 Å². The molecule has 2 atom stereocenters. The largest absolute Gasteiger partial charge is 0.374 e. The van der Waals surface area contributed by atoms with Gasteiger partial charge in [0, 0.05) is 23.6 Å². The van der Waals surface area contributed by atoms with Crippen molar-refractivity contribution in [2.45, 2.75) is 63.5 Å². The Morgan fingerprint density at radius 3 is 2.90 bits per heavy atom. The number of hydrogen-bond acceptors (Lipinski definition) is 3. The van der Waals surface area contributed by atoms with Crippen LogP contribution in [0.3, 0.4) is 0 Å². The fourth-order valence-electron chi connectivity index (χ4n) is 3.75. The highest BCUT2D eigenvalue weighted by molar-refractivity contribution is 7.99. The van der Waals surface area contributed by atoms with E-state index >= 15 is 0 Å². The first-order valence-corrected chi connectivity index (χ1v) is 9.78. The molecule has 2 fully saturated rings. The lowest BCUT2D eigenvalue weighted by Gasteiger charge is -2.38. The molecule has 2 saturated heterocycles. The molecule has 2 aliphatic heterocycles.